The monoisotopic (exact) mass is 343 g/mol. The van der Waals surface area contributed by atoms with Crippen LogP contribution >= 0.6 is 0 Å². The molecule has 1 amide bonds. The molecule has 0 spiro atoms. The number of hydrogen-bond acceptors (Lipinski definition) is 5. The van der Waals surface area contributed by atoms with E-state index in [4.69, 9.17) is 18.9 Å². The molecule has 0 saturated heterocycles. The number of carbonyl (C=O) groups is 1. The molecule has 1 aliphatic heterocycles. The second kappa shape index (κ2) is 7.79. The summed E-state index contributed by atoms with van der Waals surface area (Å²) in [5.74, 6) is 2.67. The van der Waals surface area contributed by atoms with Crippen LogP contribution in [-0.2, 0) is 4.79 Å². The molecule has 1 atom stereocenters. The van der Waals surface area contributed by atoms with Crippen LogP contribution in [0.1, 0.15) is 0 Å². The smallest absolute Gasteiger partial charge is 0.260 e. The zero-order chi connectivity index (χ0) is 17.6. The zero-order valence-corrected chi connectivity index (χ0v) is 14.3. The molecule has 0 saturated carbocycles. The number of ether oxygens (including phenoxy) is 4. The summed E-state index contributed by atoms with van der Waals surface area (Å²) in [6, 6.07) is 14.6. The van der Waals surface area contributed by atoms with Crippen molar-refractivity contribution in [3.05, 3.63) is 48.5 Å². The number of fused-ring (bicyclic) bond motifs is 1. The maximum atomic E-state index is 12.2. The lowest BCUT2D eigenvalue weighted by Crippen LogP contribution is -2.43. The molecule has 0 N–H and O–H groups in total. The summed E-state index contributed by atoms with van der Waals surface area (Å²) in [6.07, 6.45) is -0.204. The van der Waals surface area contributed by atoms with Crippen molar-refractivity contribution in [1.82, 2.24) is 4.90 Å². The summed E-state index contributed by atoms with van der Waals surface area (Å²) >= 11 is 0. The molecule has 0 unspecified atom stereocenters. The van der Waals surface area contributed by atoms with Crippen LogP contribution in [0.2, 0.25) is 0 Å². The first-order valence-corrected chi connectivity index (χ1v) is 8.05. The van der Waals surface area contributed by atoms with Crippen molar-refractivity contribution in [3.63, 3.8) is 0 Å². The Labute approximate surface area is 146 Å². The third kappa shape index (κ3) is 4.35. The van der Waals surface area contributed by atoms with Gasteiger partial charge in [0.25, 0.3) is 5.91 Å². The van der Waals surface area contributed by atoms with Crippen molar-refractivity contribution in [3.8, 4) is 23.0 Å². The third-order valence-corrected chi connectivity index (χ3v) is 3.89. The lowest BCUT2D eigenvalue weighted by Gasteiger charge is -2.29. The molecule has 3 rings (SSSR count). The van der Waals surface area contributed by atoms with Crippen LogP contribution < -0.4 is 18.9 Å². The number of nitrogens with zero attached hydrogens (tertiary/aromatic N) is 1. The minimum atomic E-state index is -0.204. The highest BCUT2D eigenvalue weighted by atomic mass is 16.6. The fraction of sp³-hybridized carbons (Fsp3) is 0.316. The van der Waals surface area contributed by atoms with Crippen molar-refractivity contribution in [2.45, 2.75) is 6.10 Å². The van der Waals surface area contributed by atoms with Gasteiger partial charge in [0.1, 0.15) is 18.1 Å². The van der Waals surface area contributed by atoms with E-state index in [1.165, 1.54) is 0 Å². The lowest BCUT2D eigenvalue weighted by molar-refractivity contribution is -0.133. The first-order chi connectivity index (χ1) is 12.2. The molecule has 2 aromatic carbocycles. The molecule has 2 aromatic rings. The van der Waals surface area contributed by atoms with Crippen LogP contribution in [0.25, 0.3) is 0 Å². The molecule has 1 heterocycles. The number of rotatable bonds is 6. The van der Waals surface area contributed by atoms with E-state index < -0.39 is 0 Å². The van der Waals surface area contributed by atoms with Crippen LogP contribution in [0.3, 0.4) is 0 Å². The molecule has 0 aromatic heterocycles. The van der Waals surface area contributed by atoms with Gasteiger partial charge in [0, 0.05) is 7.05 Å². The number of hydrogen-bond donors (Lipinski definition) is 0. The molecule has 0 fully saturated rings. The summed E-state index contributed by atoms with van der Waals surface area (Å²) in [5.41, 5.74) is 0. The van der Waals surface area contributed by atoms with Crippen LogP contribution in [0.5, 0.6) is 23.0 Å². The molecular formula is C19H21NO5. The van der Waals surface area contributed by atoms with Gasteiger partial charge in [0.15, 0.2) is 24.2 Å². The van der Waals surface area contributed by atoms with E-state index in [1.54, 1.807) is 43.3 Å². The molecule has 132 valence electrons. The fourth-order valence-corrected chi connectivity index (χ4v) is 2.49. The molecule has 0 aliphatic carbocycles. The Hall–Kier alpha value is -2.89. The largest absolute Gasteiger partial charge is 0.497 e. The lowest BCUT2D eigenvalue weighted by atomic mass is 10.2. The van der Waals surface area contributed by atoms with Crippen LogP contribution in [0, 0.1) is 0 Å². The number of likely N-dealkylation sites (N-methyl/N-ethyl adjacent to an activating group) is 1. The van der Waals surface area contributed by atoms with Gasteiger partial charge in [-0.3, -0.25) is 4.79 Å². The van der Waals surface area contributed by atoms with Gasteiger partial charge >= 0.3 is 0 Å². The number of carbonyl (C=O) groups excluding carboxylic acids is 1. The fourth-order valence-electron chi connectivity index (χ4n) is 2.49. The standard InChI is InChI=1S/C19H21NO5/c1-20(11-16-12-24-17-5-3-4-6-18(17)25-16)19(21)13-23-15-9-7-14(22-2)8-10-15/h3-10,16H,11-13H2,1-2H3/t16-/m1/s1. The predicted octanol–water partition coefficient (Wildman–Crippen LogP) is 2.37. The Kier molecular flexibility index (Phi) is 5.28. The van der Waals surface area contributed by atoms with E-state index >= 15 is 0 Å². The molecule has 0 radical (unpaired) electrons. The normalized spacial score (nSPS) is 15.4. The average molecular weight is 343 g/mol. The Morgan fingerprint density at radius 2 is 1.80 bits per heavy atom. The van der Waals surface area contributed by atoms with Crippen LogP contribution in [0.4, 0.5) is 0 Å². The summed E-state index contributed by atoms with van der Waals surface area (Å²) < 4.78 is 22.1. The van der Waals surface area contributed by atoms with E-state index in [-0.39, 0.29) is 18.6 Å². The van der Waals surface area contributed by atoms with Gasteiger partial charge in [0.2, 0.25) is 0 Å². The van der Waals surface area contributed by atoms with Gasteiger partial charge in [-0.25, -0.2) is 0 Å². The summed E-state index contributed by atoms with van der Waals surface area (Å²) in [5, 5.41) is 0. The quantitative estimate of drug-likeness (QED) is 0.806. The highest BCUT2D eigenvalue weighted by Gasteiger charge is 2.23. The Morgan fingerprint density at radius 3 is 2.52 bits per heavy atom. The SMILES string of the molecule is COc1ccc(OCC(=O)N(C)C[C@@H]2COc3ccccc3O2)cc1. The maximum Gasteiger partial charge on any atom is 0.260 e. The number of methoxy groups -OCH3 is 1. The minimum Gasteiger partial charge on any atom is -0.497 e. The molecule has 1 aliphatic rings. The van der Waals surface area contributed by atoms with E-state index in [2.05, 4.69) is 0 Å². The van der Waals surface area contributed by atoms with Crippen LogP contribution in [-0.4, -0.2) is 50.8 Å². The van der Waals surface area contributed by atoms with Crippen molar-refractivity contribution in [1.29, 1.82) is 0 Å². The average Bonchev–Trinajstić information content (AvgIpc) is 2.66. The second-order valence-corrected chi connectivity index (χ2v) is 5.74. The number of amides is 1. The second-order valence-electron chi connectivity index (χ2n) is 5.74. The van der Waals surface area contributed by atoms with E-state index in [0.717, 1.165) is 11.5 Å². The molecule has 6 nitrogen and oxygen atoms in total. The number of para-hydroxylation sites is 2. The zero-order valence-electron chi connectivity index (χ0n) is 14.3. The first-order valence-electron chi connectivity index (χ1n) is 8.05. The van der Waals surface area contributed by atoms with E-state index in [0.29, 0.717) is 24.7 Å². The molecule has 25 heavy (non-hydrogen) atoms. The minimum absolute atomic E-state index is 0.0347. The predicted molar refractivity (Wildman–Crippen MR) is 92.5 cm³/mol. The highest BCUT2D eigenvalue weighted by Crippen LogP contribution is 2.30. The van der Waals surface area contributed by atoms with Gasteiger partial charge in [-0.1, -0.05) is 12.1 Å². The molecular weight excluding hydrogens is 322 g/mol. The van der Waals surface area contributed by atoms with Gasteiger partial charge in [-0.05, 0) is 36.4 Å². The van der Waals surface area contributed by atoms with Crippen molar-refractivity contribution >= 4 is 5.91 Å². The Bertz CT molecular complexity index is 716. The van der Waals surface area contributed by atoms with Crippen molar-refractivity contribution in [2.75, 3.05) is 33.9 Å². The van der Waals surface area contributed by atoms with E-state index in [9.17, 15) is 4.79 Å². The van der Waals surface area contributed by atoms with Gasteiger partial charge in [-0.2, -0.15) is 0 Å². The summed E-state index contributed by atoms with van der Waals surface area (Å²) in [4.78, 5) is 13.8. The van der Waals surface area contributed by atoms with Gasteiger partial charge in [0.05, 0.1) is 13.7 Å². The van der Waals surface area contributed by atoms with Crippen molar-refractivity contribution < 1.29 is 23.7 Å². The van der Waals surface area contributed by atoms with Gasteiger partial charge < -0.3 is 23.8 Å². The van der Waals surface area contributed by atoms with Gasteiger partial charge in [-0.15, -0.1) is 0 Å². The van der Waals surface area contributed by atoms with Crippen molar-refractivity contribution in [2.24, 2.45) is 0 Å². The Balaban J connectivity index is 1.47. The third-order valence-electron chi connectivity index (χ3n) is 3.89. The topological polar surface area (TPSA) is 57.2 Å². The summed E-state index contributed by atoms with van der Waals surface area (Å²) in [6.45, 7) is 0.806. The van der Waals surface area contributed by atoms with E-state index in [1.807, 2.05) is 24.3 Å². The Morgan fingerprint density at radius 1 is 1.12 bits per heavy atom. The number of benzene rings is 2. The maximum absolute atomic E-state index is 12.2. The molecule has 0 bridgehead atoms. The summed E-state index contributed by atoms with van der Waals surface area (Å²) in [7, 11) is 3.33. The highest BCUT2D eigenvalue weighted by molar-refractivity contribution is 5.77. The molecule has 6 heteroatoms. The van der Waals surface area contributed by atoms with Crippen LogP contribution in [0.15, 0.2) is 48.5 Å². The first kappa shape index (κ1) is 17.0.